The second-order valence-electron chi connectivity index (χ2n) is 39.1. The lowest BCUT2D eigenvalue weighted by molar-refractivity contribution is -0.312. The summed E-state index contributed by atoms with van der Waals surface area (Å²) in [7, 11) is -3.53. The monoisotopic (exact) mass is 2080 g/mol. The molecule has 20 unspecified atom stereocenters. The number of ether oxygens (including phenoxy) is 14. The molecule has 0 aromatic heterocycles. The van der Waals surface area contributed by atoms with Gasteiger partial charge in [-0.3, -0.25) is 28.2 Å². The van der Waals surface area contributed by atoms with E-state index in [4.69, 9.17) is 61.0 Å². The molecule has 43 heteroatoms. The van der Waals surface area contributed by atoms with Gasteiger partial charge in [0.15, 0.2) is 23.7 Å². The zero-order chi connectivity index (χ0) is 109. The molecular formula is C102H125F9O33S. The minimum absolute atomic E-state index is 0.00284. The number of carbonyl (C=O) groups excluding carboxylic acids is 14. The summed E-state index contributed by atoms with van der Waals surface area (Å²) in [5.41, 5.74) is -1.57. The highest BCUT2D eigenvalue weighted by molar-refractivity contribution is 7.87. The fourth-order valence-electron chi connectivity index (χ4n) is 19.4. The van der Waals surface area contributed by atoms with Crippen LogP contribution >= 0.6 is 0 Å². The highest BCUT2D eigenvalue weighted by atomic mass is 32.2. The number of cyclic esters (lactones) is 2. The largest absolute Gasteiger partial charge is 0.465 e. The predicted octanol–water partition coefficient (Wildman–Crippen LogP) is 15.4. The molecule has 2 N–H and O–H groups in total. The number of fused-ring (bicyclic) bond motifs is 4. The van der Waals surface area contributed by atoms with Crippen molar-refractivity contribution in [2.24, 2.45) is 64.6 Å². The summed E-state index contributed by atoms with van der Waals surface area (Å²) >= 11 is 0. The van der Waals surface area contributed by atoms with Crippen molar-refractivity contribution in [1.29, 1.82) is 0 Å². The molecule has 4 heterocycles. The highest BCUT2D eigenvalue weighted by Gasteiger charge is 2.67. The van der Waals surface area contributed by atoms with Crippen LogP contribution in [0.5, 0.6) is 17.2 Å². The van der Waals surface area contributed by atoms with Crippen LogP contribution in [0.1, 0.15) is 198 Å². The summed E-state index contributed by atoms with van der Waals surface area (Å²) in [4.78, 5) is 156. The van der Waals surface area contributed by atoms with Crippen LogP contribution in [0, 0.1) is 64.6 Å². The summed E-state index contributed by atoms with van der Waals surface area (Å²) in [6.07, 6.45) is -10.3. The standard InChI is InChI=1S/C15H21F3O3.C14H20O3.C13H16O7S.C12H14O4.C12H12O4.C11H16O4.C10H10O2.C8H10O4.C7H6F6O2/c1-8(2)13(19)21-12-6-9-4-10(12)5-11(9)7-14(3,20)15(16,17)18;1-9(2)12(15)17-14-6-10-3-11(7-14)5-13(16,4-10)8-14;1-6(2)13(15)18-5-10(14)19-11-7-3-8-9(4-7)21(16,17)20-12(8)11;1-5(2)11(13)15-9-6-3-7-8(4-6)12(14)16-10(7)9;1-8(2)12(14)16-11-7-5-4-6-10(11)15-9(3)13;1-7(2)9(12)15-8(3)11(4)5-6-14-10(11)13;1-3-9-4-6-10(7-5-9)12-8(2)11;1-5(2)8(10)12-6-3-7(9)11-4-6;1-3(2)4(14)15-5(6(8,9)10)7(11,12)13/h9-12,20H,1,4-7H2,2-3H3;10-11,16H,1,3-8H2,2H3;7-9,11-12H,1,3-5H2,2H3;6-10H,1,3-4H2,2H3;4-7H,1H2,2-3H3;8H,1,5-6H2,2-4H3;3-7H,1H2,2H3;6H,1,3-4H2,2H3;5H,1H2,2H3. The van der Waals surface area contributed by atoms with Crippen LogP contribution in [0.3, 0.4) is 0 Å². The Morgan fingerprint density at radius 1 is 0.545 bits per heavy atom. The molecule has 14 aliphatic rings. The summed E-state index contributed by atoms with van der Waals surface area (Å²) < 4.78 is 207. The maximum atomic E-state index is 12.7. The summed E-state index contributed by atoms with van der Waals surface area (Å²) in [6.45, 7) is 49.9. The van der Waals surface area contributed by atoms with Crippen LogP contribution in [-0.2, 0) is 134 Å². The van der Waals surface area contributed by atoms with Crippen molar-refractivity contribution >= 4 is 99.8 Å². The van der Waals surface area contributed by atoms with Gasteiger partial charge in [0.2, 0.25) is 0 Å². The molecule has 10 saturated carbocycles. The predicted molar refractivity (Wildman–Crippen MR) is 494 cm³/mol. The Morgan fingerprint density at radius 3 is 1.52 bits per heavy atom. The first-order chi connectivity index (χ1) is 66.9. The lowest BCUT2D eigenvalue weighted by Gasteiger charge is -2.59. The first-order valence-electron chi connectivity index (χ1n) is 46.3. The fraction of sp³-hybridized carbons (Fsp3) is 0.569. The molecular weight excluding hydrogens is 1960 g/mol. The number of carbonyl (C=O) groups is 14. The van der Waals surface area contributed by atoms with Crippen molar-refractivity contribution in [3.05, 3.63) is 158 Å². The Balaban J connectivity index is 0.000000222. The molecule has 10 bridgehead atoms. The third-order valence-corrected chi connectivity index (χ3v) is 28.1. The summed E-state index contributed by atoms with van der Waals surface area (Å²) in [5, 5.41) is 19.7. The van der Waals surface area contributed by atoms with E-state index in [2.05, 4.69) is 68.7 Å². The van der Waals surface area contributed by atoms with Gasteiger partial charge in [0, 0.05) is 94.9 Å². The van der Waals surface area contributed by atoms with Crippen molar-refractivity contribution in [1.82, 2.24) is 0 Å². The highest BCUT2D eigenvalue weighted by Crippen LogP contribution is 2.61. The minimum Gasteiger partial charge on any atom is -0.465 e. The molecule has 10 aliphatic carbocycles. The van der Waals surface area contributed by atoms with Gasteiger partial charge in [0.1, 0.15) is 66.1 Å². The van der Waals surface area contributed by atoms with E-state index in [0.29, 0.717) is 96.5 Å². The Morgan fingerprint density at radius 2 is 1.05 bits per heavy atom. The molecule has 14 fully saturated rings. The maximum Gasteiger partial charge on any atom is 0.434 e. The Bertz CT molecular complexity index is 5390. The number of hydrogen-bond donors (Lipinski definition) is 2. The zero-order valence-corrected chi connectivity index (χ0v) is 83.6. The SMILES string of the molecule is C=C(C)C(=O)OC(C(F)(F)F)C(F)(F)F.C=C(C)C(=O)OC(C)C1(C)CCOC1=O.C=C(C)C(=O)OC12CC3CC(CC(O)(C3)C1)C2.C=C(C)C(=O)OC1C2CC3C(=O)OC1C3C2.C=C(C)C(=O)OC1CC2CC1CC2CC(C)(O)C(F)(F)F.C=C(C)C(=O)OC1COC(=O)C1.C=C(C)C(=O)OCC(=O)OC1C2CC3C1OS(=O)(=O)C3C2.C=C(C)C(=O)Oc1ccccc1OC(C)=O.C=Cc1ccc(OC(C)=O)cc1. The molecule has 800 valence electrons. The quantitative estimate of drug-likeness (QED) is 0.0246. The van der Waals surface area contributed by atoms with Gasteiger partial charge in [0.05, 0.1) is 29.8 Å². The molecule has 16 rings (SSSR count). The number of esters is 14. The molecule has 0 radical (unpaired) electrons. The summed E-state index contributed by atoms with van der Waals surface area (Å²) in [5.74, 6) is -4.58. The van der Waals surface area contributed by atoms with Crippen molar-refractivity contribution in [2.75, 3.05) is 19.8 Å². The van der Waals surface area contributed by atoms with E-state index in [1.165, 1.54) is 34.1 Å². The molecule has 2 aromatic rings. The van der Waals surface area contributed by atoms with E-state index >= 15 is 0 Å². The lowest BCUT2D eigenvalue weighted by Crippen LogP contribution is -2.60. The van der Waals surface area contributed by atoms with E-state index in [1.54, 1.807) is 90.9 Å². The second-order valence-corrected chi connectivity index (χ2v) is 40.9. The number of aliphatic hydroxyl groups is 2. The maximum absolute atomic E-state index is 12.7. The Labute approximate surface area is 833 Å². The topological polar surface area (TPSA) is 452 Å². The average Bonchev–Trinajstić information content (AvgIpc) is 1.55. The van der Waals surface area contributed by atoms with E-state index in [1.807, 2.05) is 12.1 Å². The molecule has 33 nitrogen and oxygen atoms in total. The third-order valence-electron chi connectivity index (χ3n) is 26.3. The van der Waals surface area contributed by atoms with Gasteiger partial charge in [-0.15, -0.1) is 0 Å². The van der Waals surface area contributed by atoms with Gasteiger partial charge in [-0.05, 0) is 219 Å². The van der Waals surface area contributed by atoms with Crippen molar-refractivity contribution in [3.63, 3.8) is 0 Å². The van der Waals surface area contributed by atoms with Crippen molar-refractivity contribution in [2.45, 2.75) is 282 Å². The molecule has 0 amide bonds. The van der Waals surface area contributed by atoms with Gasteiger partial charge in [-0.2, -0.15) is 47.9 Å². The van der Waals surface area contributed by atoms with Crippen LogP contribution in [-0.4, -0.2) is 211 Å². The van der Waals surface area contributed by atoms with Crippen LogP contribution in [0.2, 0.25) is 0 Å². The number of para-hydroxylation sites is 2. The average molecular weight is 2080 g/mol. The molecule has 2 aromatic carbocycles. The number of rotatable bonds is 24. The van der Waals surface area contributed by atoms with Crippen LogP contribution in [0.25, 0.3) is 6.08 Å². The molecule has 4 saturated heterocycles. The number of alkyl halides is 9. The van der Waals surface area contributed by atoms with Gasteiger partial charge in [0.25, 0.3) is 16.2 Å². The first-order valence-corrected chi connectivity index (χ1v) is 47.8. The van der Waals surface area contributed by atoms with E-state index in [9.17, 15) is 125 Å². The minimum atomic E-state index is -5.69. The van der Waals surface area contributed by atoms with Gasteiger partial charge in [-0.25, -0.2) is 43.2 Å². The normalized spacial score (nSPS) is 28.5. The number of halogens is 9. The number of hydrogen-bond acceptors (Lipinski definition) is 33. The van der Waals surface area contributed by atoms with Gasteiger partial charge >= 0.3 is 102 Å². The fourth-order valence-corrected chi connectivity index (χ4v) is 21.3. The van der Waals surface area contributed by atoms with Crippen LogP contribution < -0.4 is 14.2 Å². The first kappa shape index (κ1) is 120. The van der Waals surface area contributed by atoms with Crippen molar-refractivity contribution < 1.29 is 196 Å². The smallest absolute Gasteiger partial charge is 0.434 e. The summed E-state index contributed by atoms with van der Waals surface area (Å²) in [6, 6.07) is 13.6. The Kier molecular flexibility index (Phi) is 40.8. The molecule has 145 heavy (non-hydrogen) atoms. The van der Waals surface area contributed by atoms with Crippen molar-refractivity contribution in [3.8, 4) is 17.2 Å². The van der Waals surface area contributed by atoms with Crippen LogP contribution in [0.15, 0.2) is 152 Å². The van der Waals surface area contributed by atoms with Gasteiger partial charge < -0.3 is 76.5 Å². The van der Waals surface area contributed by atoms with E-state index < -0.39 is 147 Å². The number of benzene rings is 2. The second kappa shape index (κ2) is 49.4. The van der Waals surface area contributed by atoms with Crippen LogP contribution in [0.4, 0.5) is 39.5 Å². The van der Waals surface area contributed by atoms with E-state index in [-0.39, 0.29) is 138 Å². The Hall–Kier alpha value is -12.1. The van der Waals surface area contributed by atoms with E-state index in [0.717, 1.165) is 64.4 Å². The lowest BCUT2D eigenvalue weighted by atomic mass is 9.52. The zero-order valence-electron chi connectivity index (χ0n) is 82.8. The molecule has 20 atom stereocenters. The third kappa shape index (κ3) is 32.9. The molecule has 4 aliphatic heterocycles. The van der Waals surface area contributed by atoms with Gasteiger partial charge in [-0.1, -0.05) is 89.6 Å². The molecule has 0 spiro atoms.